The Bertz CT molecular complexity index is 2080. The normalized spacial score (nSPS) is 14.4. The van der Waals surface area contributed by atoms with Crippen molar-refractivity contribution in [1.82, 2.24) is 0 Å². The average molecular weight is 591 g/mol. The van der Waals surface area contributed by atoms with E-state index in [0.29, 0.717) is 0 Å². The van der Waals surface area contributed by atoms with Crippen LogP contribution in [0.2, 0.25) is 0 Å². The standard InChI is InChI=1S/C43H32NSi/c1-5-15-31(16-6-1)43-42-38(40-23-13-14-28-44(40)43)27-25-33-29-32-24-26-37(30-39(32)41(33)42)45(34-17-7-2-8-18-34,35-19-9-3-10-20-35)36-21-11-4-12-22-36/h1-28,30,43H,29H2/q+1. The average Bonchev–Trinajstić information content (AvgIpc) is 3.66. The Kier molecular flexibility index (Phi) is 6.04. The van der Waals surface area contributed by atoms with E-state index in [1.54, 1.807) is 0 Å². The lowest BCUT2D eigenvalue weighted by Gasteiger charge is -2.34. The molecule has 0 N–H and O–H groups in total. The van der Waals surface area contributed by atoms with Crippen LogP contribution in [-0.4, -0.2) is 8.07 Å². The van der Waals surface area contributed by atoms with E-state index in [1.165, 1.54) is 65.4 Å². The largest absolute Gasteiger partial charge is 0.213 e. The second-order valence-corrected chi connectivity index (χ2v) is 16.1. The van der Waals surface area contributed by atoms with E-state index in [0.717, 1.165) is 6.42 Å². The SMILES string of the molecule is c1ccc(C2c3c(ccc4c3-c3cc([Si](c5ccccc5)(c5ccccc5)c5ccccc5)ccc3C4)-c3cccc[n+]32)cc1. The molecule has 0 amide bonds. The molecule has 212 valence electrons. The molecule has 1 unspecified atom stereocenters. The first kappa shape index (κ1) is 26.1. The minimum Gasteiger partial charge on any atom is -0.187 e. The molecule has 1 atom stereocenters. The molecule has 2 aliphatic rings. The summed E-state index contributed by atoms with van der Waals surface area (Å²) in [5, 5.41) is 5.65. The molecule has 2 heteroatoms. The fourth-order valence-corrected chi connectivity index (χ4v) is 12.9. The molecule has 1 aliphatic heterocycles. The third-order valence-corrected chi connectivity index (χ3v) is 14.8. The minimum atomic E-state index is -2.64. The molecule has 0 fully saturated rings. The Morgan fingerprint density at radius 1 is 0.467 bits per heavy atom. The maximum Gasteiger partial charge on any atom is 0.213 e. The van der Waals surface area contributed by atoms with E-state index in [-0.39, 0.29) is 6.04 Å². The highest BCUT2D eigenvalue weighted by Gasteiger charge is 2.44. The van der Waals surface area contributed by atoms with Crippen molar-refractivity contribution < 1.29 is 4.57 Å². The van der Waals surface area contributed by atoms with Crippen LogP contribution in [0.25, 0.3) is 22.4 Å². The monoisotopic (exact) mass is 590 g/mol. The Morgan fingerprint density at radius 2 is 1.02 bits per heavy atom. The van der Waals surface area contributed by atoms with Gasteiger partial charge in [0.15, 0.2) is 14.3 Å². The highest BCUT2D eigenvalue weighted by atomic mass is 28.3. The molecule has 0 saturated carbocycles. The fraction of sp³-hybridized carbons (Fsp3) is 0.0465. The molecule has 6 aromatic carbocycles. The van der Waals surface area contributed by atoms with Crippen molar-refractivity contribution in [3.8, 4) is 22.4 Å². The van der Waals surface area contributed by atoms with Crippen molar-refractivity contribution in [3.05, 3.63) is 198 Å². The zero-order chi connectivity index (χ0) is 29.8. The number of aromatic nitrogens is 1. The third-order valence-electron chi connectivity index (χ3n) is 9.98. The van der Waals surface area contributed by atoms with Gasteiger partial charge in [-0.25, -0.2) is 0 Å². The van der Waals surface area contributed by atoms with Gasteiger partial charge in [-0.2, -0.15) is 4.57 Å². The number of pyridine rings is 1. The molecule has 0 spiro atoms. The number of nitrogens with zero attached hydrogens (tertiary/aromatic N) is 1. The molecule has 45 heavy (non-hydrogen) atoms. The van der Waals surface area contributed by atoms with Gasteiger partial charge in [0.05, 0.1) is 5.56 Å². The molecule has 0 radical (unpaired) electrons. The summed E-state index contributed by atoms with van der Waals surface area (Å²) >= 11 is 0. The van der Waals surface area contributed by atoms with Gasteiger partial charge < -0.3 is 0 Å². The number of fused-ring (bicyclic) bond motifs is 7. The highest BCUT2D eigenvalue weighted by Crippen LogP contribution is 2.48. The van der Waals surface area contributed by atoms with Crippen LogP contribution < -0.4 is 25.3 Å². The van der Waals surface area contributed by atoms with Gasteiger partial charge in [-0.05, 0) is 61.6 Å². The van der Waals surface area contributed by atoms with E-state index < -0.39 is 8.07 Å². The second-order valence-electron chi connectivity index (χ2n) is 12.3. The van der Waals surface area contributed by atoms with Crippen LogP contribution in [0.1, 0.15) is 28.3 Å². The van der Waals surface area contributed by atoms with E-state index in [9.17, 15) is 0 Å². The summed E-state index contributed by atoms with van der Waals surface area (Å²) in [6.45, 7) is 0. The van der Waals surface area contributed by atoms with Crippen LogP contribution in [-0.2, 0) is 6.42 Å². The van der Waals surface area contributed by atoms with Crippen LogP contribution in [0.4, 0.5) is 0 Å². The summed E-state index contributed by atoms with van der Waals surface area (Å²) in [5.74, 6) is 0. The first-order valence-electron chi connectivity index (χ1n) is 15.9. The van der Waals surface area contributed by atoms with Gasteiger partial charge in [0.2, 0.25) is 11.7 Å². The van der Waals surface area contributed by atoms with E-state index >= 15 is 0 Å². The third kappa shape index (κ3) is 3.89. The van der Waals surface area contributed by atoms with Crippen molar-refractivity contribution in [3.63, 3.8) is 0 Å². The van der Waals surface area contributed by atoms with E-state index in [2.05, 4.69) is 181 Å². The first-order chi connectivity index (χ1) is 22.3. The number of rotatable bonds is 5. The highest BCUT2D eigenvalue weighted by molar-refractivity contribution is 7.19. The Hall–Kier alpha value is -5.31. The first-order valence-corrected chi connectivity index (χ1v) is 17.9. The summed E-state index contributed by atoms with van der Waals surface area (Å²) in [7, 11) is -2.64. The summed E-state index contributed by atoms with van der Waals surface area (Å²) in [6, 6.07) is 63.7. The van der Waals surface area contributed by atoms with Crippen LogP contribution in [0.3, 0.4) is 0 Å². The zero-order valence-corrected chi connectivity index (χ0v) is 26.0. The summed E-state index contributed by atoms with van der Waals surface area (Å²) in [4.78, 5) is 0. The maximum atomic E-state index is 2.58. The van der Waals surface area contributed by atoms with Gasteiger partial charge in [0, 0.05) is 23.3 Å². The Morgan fingerprint density at radius 3 is 1.64 bits per heavy atom. The second kappa shape index (κ2) is 10.4. The minimum absolute atomic E-state index is 0.140. The molecular weight excluding hydrogens is 559 g/mol. The lowest BCUT2D eigenvalue weighted by atomic mass is 9.89. The molecule has 1 aromatic heterocycles. The van der Waals surface area contributed by atoms with Crippen LogP contribution in [0.15, 0.2) is 176 Å². The van der Waals surface area contributed by atoms with Crippen molar-refractivity contribution in [1.29, 1.82) is 0 Å². The molecule has 1 nitrogen and oxygen atoms in total. The topological polar surface area (TPSA) is 3.88 Å². The Labute approximate surface area is 265 Å². The molecular formula is C43H32NSi+. The van der Waals surface area contributed by atoms with Crippen molar-refractivity contribution in [2.24, 2.45) is 0 Å². The Balaban J connectivity index is 1.34. The number of hydrogen-bond acceptors (Lipinski definition) is 0. The number of benzene rings is 6. The van der Waals surface area contributed by atoms with E-state index in [1.807, 2.05) is 0 Å². The summed E-state index contributed by atoms with van der Waals surface area (Å²) in [5.41, 5.74) is 11.1. The molecule has 0 saturated heterocycles. The van der Waals surface area contributed by atoms with Crippen molar-refractivity contribution in [2.75, 3.05) is 0 Å². The lowest BCUT2D eigenvalue weighted by molar-refractivity contribution is -0.688. The quantitative estimate of drug-likeness (QED) is 0.122. The van der Waals surface area contributed by atoms with Gasteiger partial charge in [0.1, 0.15) is 0 Å². The molecule has 2 heterocycles. The van der Waals surface area contributed by atoms with Crippen LogP contribution in [0.5, 0.6) is 0 Å². The smallest absolute Gasteiger partial charge is 0.187 e. The lowest BCUT2D eigenvalue weighted by Crippen LogP contribution is -2.74. The summed E-state index contributed by atoms with van der Waals surface area (Å²) < 4.78 is 2.47. The molecule has 1 aliphatic carbocycles. The van der Waals surface area contributed by atoms with Gasteiger partial charge in [-0.15, -0.1) is 0 Å². The van der Waals surface area contributed by atoms with Crippen LogP contribution >= 0.6 is 0 Å². The molecule has 7 aromatic rings. The predicted octanol–water partition coefficient (Wildman–Crippen LogP) is 6.54. The van der Waals surface area contributed by atoms with Crippen molar-refractivity contribution >= 4 is 28.8 Å². The number of hydrogen-bond donors (Lipinski definition) is 0. The van der Waals surface area contributed by atoms with Gasteiger partial charge in [-0.3, -0.25) is 0 Å². The molecule has 9 rings (SSSR count). The fourth-order valence-electron chi connectivity index (χ4n) is 8.11. The van der Waals surface area contributed by atoms with Crippen LogP contribution in [0, 0.1) is 0 Å². The van der Waals surface area contributed by atoms with Gasteiger partial charge >= 0.3 is 0 Å². The maximum absolute atomic E-state index is 2.64. The predicted molar refractivity (Wildman–Crippen MR) is 188 cm³/mol. The van der Waals surface area contributed by atoms with Gasteiger partial charge in [-0.1, -0.05) is 146 Å². The van der Waals surface area contributed by atoms with Crippen molar-refractivity contribution in [2.45, 2.75) is 12.5 Å². The van der Waals surface area contributed by atoms with Gasteiger partial charge in [0.25, 0.3) is 0 Å². The zero-order valence-electron chi connectivity index (χ0n) is 25.0. The van der Waals surface area contributed by atoms with E-state index in [4.69, 9.17) is 0 Å². The molecule has 0 bridgehead atoms. The summed E-state index contributed by atoms with van der Waals surface area (Å²) in [6.07, 6.45) is 3.22.